The number of hydrogen-bond acceptors (Lipinski definition) is 3. The van der Waals surface area contributed by atoms with Gasteiger partial charge in [-0.15, -0.1) is 0 Å². The van der Waals surface area contributed by atoms with E-state index in [2.05, 4.69) is 53.0 Å². The zero-order valence-electron chi connectivity index (χ0n) is 11.9. The van der Waals surface area contributed by atoms with Crippen LogP contribution in [-0.2, 0) is 11.2 Å². The molecule has 0 spiro atoms. The Kier molecular flexibility index (Phi) is 4.87. The Balaban J connectivity index is 2.28. The van der Waals surface area contributed by atoms with Crippen molar-refractivity contribution in [3.05, 3.63) is 28.2 Å². The molecule has 0 saturated carbocycles. The van der Waals surface area contributed by atoms with E-state index in [9.17, 15) is 0 Å². The molecule has 0 aliphatic carbocycles. The molecular formula is C15H23BrN2O. The molecule has 0 amide bonds. The summed E-state index contributed by atoms with van der Waals surface area (Å²) in [4.78, 5) is 2.35. The lowest BCUT2D eigenvalue weighted by atomic mass is 10.0. The molecule has 1 saturated heterocycles. The topological polar surface area (TPSA) is 38.5 Å². The molecule has 3 unspecified atom stereocenters. The van der Waals surface area contributed by atoms with Crippen molar-refractivity contribution in [1.82, 2.24) is 0 Å². The van der Waals surface area contributed by atoms with E-state index < -0.39 is 0 Å². The van der Waals surface area contributed by atoms with Crippen LogP contribution in [-0.4, -0.2) is 31.8 Å². The zero-order valence-corrected chi connectivity index (χ0v) is 13.5. The molecule has 19 heavy (non-hydrogen) atoms. The van der Waals surface area contributed by atoms with Crippen molar-refractivity contribution >= 4 is 21.6 Å². The third-order valence-electron chi connectivity index (χ3n) is 3.80. The second-order valence-corrected chi connectivity index (χ2v) is 6.41. The SMILES string of the molecule is CC(N)Cc1ccc(Br)cc1N(C)C1CCOC1C. The molecule has 3 atom stereocenters. The normalized spacial score (nSPS) is 24.5. The fourth-order valence-corrected chi connectivity index (χ4v) is 3.14. The molecule has 1 aromatic rings. The minimum Gasteiger partial charge on any atom is -0.376 e. The van der Waals surface area contributed by atoms with Crippen LogP contribution in [0, 0.1) is 0 Å². The number of benzene rings is 1. The predicted octanol–water partition coefficient (Wildman–Crippen LogP) is 2.95. The molecule has 2 rings (SSSR count). The van der Waals surface area contributed by atoms with Gasteiger partial charge < -0.3 is 15.4 Å². The largest absolute Gasteiger partial charge is 0.376 e. The Labute approximate surface area is 124 Å². The third kappa shape index (κ3) is 3.50. The van der Waals surface area contributed by atoms with Crippen molar-refractivity contribution in [3.63, 3.8) is 0 Å². The van der Waals surface area contributed by atoms with E-state index in [1.807, 2.05) is 6.92 Å². The standard InChI is InChI=1S/C15H23BrN2O/c1-10(17)8-12-4-5-13(16)9-15(12)18(3)14-6-7-19-11(14)2/h4-5,9-11,14H,6-8,17H2,1-3H3. The molecule has 0 aromatic heterocycles. The van der Waals surface area contributed by atoms with Crippen molar-refractivity contribution < 1.29 is 4.74 Å². The summed E-state index contributed by atoms with van der Waals surface area (Å²) in [5.41, 5.74) is 8.52. The number of likely N-dealkylation sites (N-methyl/N-ethyl adjacent to an activating group) is 1. The van der Waals surface area contributed by atoms with Crippen molar-refractivity contribution in [2.45, 2.75) is 44.9 Å². The lowest BCUT2D eigenvalue weighted by molar-refractivity contribution is 0.118. The van der Waals surface area contributed by atoms with Crippen molar-refractivity contribution in [1.29, 1.82) is 0 Å². The summed E-state index contributed by atoms with van der Waals surface area (Å²) in [5.74, 6) is 0. The van der Waals surface area contributed by atoms with E-state index in [1.54, 1.807) is 0 Å². The highest BCUT2D eigenvalue weighted by atomic mass is 79.9. The summed E-state index contributed by atoms with van der Waals surface area (Å²) in [7, 11) is 2.16. The molecule has 4 heteroatoms. The van der Waals surface area contributed by atoms with Gasteiger partial charge in [-0.1, -0.05) is 22.0 Å². The number of nitrogens with zero attached hydrogens (tertiary/aromatic N) is 1. The molecule has 3 nitrogen and oxygen atoms in total. The molecule has 0 radical (unpaired) electrons. The van der Waals surface area contributed by atoms with Crippen molar-refractivity contribution in [3.8, 4) is 0 Å². The van der Waals surface area contributed by atoms with Crippen LogP contribution in [0.5, 0.6) is 0 Å². The van der Waals surface area contributed by atoms with E-state index in [-0.39, 0.29) is 12.1 Å². The molecule has 1 aliphatic rings. The van der Waals surface area contributed by atoms with E-state index >= 15 is 0 Å². The van der Waals surface area contributed by atoms with E-state index in [4.69, 9.17) is 10.5 Å². The molecule has 1 aromatic carbocycles. The van der Waals surface area contributed by atoms with Crippen molar-refractivity contribution in [2.75, 3.05) is 18.6 Å². The number of ether oxygens (including phenoxy) is 1. The lowest BCUT2D eigenvalue weighted by Gasteiger charge is -2.31. The Morgan fingerprint density at radius 1 is 1.53 bits per heavy atom. The van der Waals surface area contributed by atoms with Gasteiger partial charge in [0.25, 0.3) is 0 Å². The monoisotopic (exact) mass is 326 g/mol. The highest BCUT2D eigenvalue weighted by Crippen LogP contribution is 2.30. The summed E-state index contributed by atoms with van der Waals surface area (Å²) in [5, 5.41) is 0. The smallest absolute Gasteiger partial charge is 0.0750 e. The number of hydrogen-bond donors (Lipinski definition) is 1. The van der Waals surface area contributed by atoms with E-state index in [0.29, 0.717) is 6.04 Å². The summed E-state index contributed by atoms with van der Waals surface area (Å²) in [6.07, 6.45) is 2.27. The summed E-state index contributed by atoms with van der Waals surface area (Å²) < 4.78 is 6.79. The fourth-order valence-electron chi connectivity index (χ4n) is 2.79. The fraction of sp³-hybridized carbons (Fsp3) is 0.600. The van der Waals surface area contributed by atoms with Gasteiger partial charge in [0.15, 0.2) is 0 Å². The number of rotatable bonds is 4. The third-order valence-corrected chi connectivity index (χ3v) is 4.30. The number of halogens is 1. The van der Waals surface area contributed by atoms with Crippen LogP contribution >= 0.6 is 15.9 Å². The van der Waals surface area contributed by atoms with Gasteiger partial charge >= 0.3 is 0 Å². The van der Waals surface area contributed by atoms with Crippen molar-refractivity contribution in [2.24, 2.45) is 5.73 Å². The second kappa shape index (κ2) is 6.25. The van der Waals surface area contributed by atoms with Crippen LogP contribution in [0.4, 0.5) is 5.69 Å². The number of nitrogens with two attached hydrogens (primary N) is 1. The first kappa shape index (κ1) is 14.8. The molecule has 1 aliphatic heterocycles. The van der Waals surface area contributed by atoms with Crippen LogP contribution in [0.25, 0.3) is 0 Å². The average molecular weight is 327 g/mol. The summed E-state index contributed by atoms with van der Waals surface area (Å²) >= 11 is 3.57. The lowest BCUT2D eigenvalue weighted by Crippen LogP contribution is -2.37. The van der Waals surface area contributed by atoms with Crippen LogP contribution in [0.15, 0.2) is 22.7 Å². The first-order chi connectivity index (χ1) is 8.99. The first-order valence-corrected chi connectivity index (χ1v) is 7.66. The zero-order chi connectivity index (χ0) is 14.0. The van der Waals surface area contributed by atoms with Crippen LogP contribution in [0.3, 0.4) is 0 Å². The van der Waals surface area contributed by atoms with Gasteiger partial charge in [0, 0.05) is 29.9 Å². The van der Waals surface area contributed by atoms with E-state index in [0.717, 1.165) is 23.9 Å². The summed E-state index contributed by atoms with van der Waals surface area (Å²) in [6.45, 7) is 5.05. The minimum absolute atomic E-state index is 0.172. The number of anilines is 1. The molecule has 2 N–H and O–H groups in total. The van der Waals surface area contributed by atoms with Gasteiger partial charge in [-0.3, -0.25) is 0 Å². The second-order valence-electron chi connectivity index (χ2n) is 5.50. The van der Waals surface area contributed by atoms with Gasteiger partial charge in [0.1, 0.15) is 0 Å². The average Bonchev–Trinajstić information content (AvgIpc) is 2.76. The Hall–Kier alpha value is -0.580. The predicted molar refractivity (Wildman–Crippen MR) is 83.7 cm³/mol. The van der Waals surface area contributed by atoms with Gasteiger partial charge in [0.05, 0.1) is 12.1 Å². The van der Waals surface area contributed by atoms with Crippen LogP contribution in [0.1, 0.15) is 25.8 Å². The van der Waals surface area contributed by atoms with Gasteiger partial charge in [0.2, 0.25) is 0 Å². The maximum absolute atomic E-state index is 5.96. The van der Waals surface area contributed by atoms with Crippen LogP contribution < -0.4 is 10.6 Å². The maximum Gasteiger partial charge on any atom is 0.0750 e. The highest BCUT2D eigenvalue weighted by Gasteiger charge is 2.29. The van der Waals surface area contributed by atoms with Gasteiger partial charge in [-0.05, 0) is 44.4 Å². The Bertz CT molecular complexity index is 436. The van der Waals surface area contributed by atoms with Gasteiger partial charge in [-0.2, -0.15) is 0 Å². The Morgan fingerprint density at radius 2 is 2.26 bits per heavy atom. The molecular weight excluding hydrogens is 304 g/mol. The summed E-state index contributed by atoms with van der Waals surface area (Å²) in [6, 6.07) is 7.05. The first-order valence-electron chi connectivity index (χ1n) is 6.87. The molecule has 1 heterocycles. The molecule has 106 valence electrons. The quantitative estimate of drug-likeness (QED) is 0.924. The van der Waals surface area contributed by atoms with Crippen LogP contribution in [0.2, 0.25) is 0 Å². The Morgan fingerprint density at radius 3 is 2.84 bits per heavy atom. The highest BCUT2D eigenvalue weighted by molar-refractivity contribution is 9.10. The molecule has 1 fully saturated rings. The maximum atomic E-state index is 5.96. The molecule has 0 bridgehead atoms. The minimum atomic E-state index is 0.172. The van der Waals surface area contributed by atoms with E-state index in [1.165, 1.54) is 11.3 Å². The van der Waals surface area contributed by atoms with Gasteiger partial charge in [-0.25, -0.2) is 0 Å².